The van der Waals surface area contributed by atoms with Crippen molar-refractivity contribution in [2.75, 3.05) is 18.0 Å². The fourth-order valence-corrected chi connectivity index (χ4v) is 3.47. The van der Waals surface area contributed by atoms with Crippen LogP contribution in [0.5, 0.6) is 5.75 Å². The van der Waals surface area contributed by atoms with Gasteiger partial charge in [0.2, 0.25) is 5.91 Å². The SMILES string of the molecule is CC(C)(C)OC(=O)N1CCCC(C(=O)N(c2ccccc2)c2ccccc2O)C1. The lowest BCUT2D eigenvalue weighted by Crippen LogP contribution is -2.47. The van der Waals surface area contributed by atoms with Gasteiger partial charge in [-0.2, -0.15) is 0 Å². The van der Waals surface area contributed by atoms with Crippen LogP contribution in [0, 0.1) is 5.92 Å². The molecule has 1 aliphatic heterocycles. The molecule has 1 saturated heterocycles. The second-order valence-electron chi connectivity index (χ2n) is 8.26. The highest BCUT2D eigenvalue weighted by atomic mass is 16.6. The third-order valence-electron chi connectivity index (χ3n) is 4.78. The molecule has 2 aromatic carbocycles. The molecule has 1 N–H and O–H groups in total. The second-order valence-corrected chi connectivity index (χ2v) is 8.26. The Labute approximate surface area is 171 Å². The molecule has 0 radical (unpaired) electrons. The van der Waals surface area contributed by atoms with E-state index >= 15 is 0 Å². The summed E-state index contributed by atoms with van der Waals surface area (Å²) in [5.74, 6) is -0.494. The van der Waals surface area contributed by atoms with Crippen LogP contribution >= 0.6 is 0 Å². The number of likely N-dealkylation sites (tertiary alicyclic amines) is 1. The van der Waals surface area contributed by atoms with Crippen LogP contribution in [0.4, 0.5) is 16.2 Å². The Morgan fingerprint density at radius 3 is 2.38 bits per heavy atom. The van der Waals surface area contributed by atoms with E-state index in [2.05, 4.69) is 0 Å². The number of hydrogen-bond donors (Lipinski definition) is 1. The van der Waals surface area contributed by atoms with Crippen LogP contribution in [-0.2, 0) is 9.53 Å². The van der Waals surface area contributed by atoms with Crippen molar-refractivity contribution in [3.63, 3.8) is 0 Å². The second kappa shape index (κ2) is 8.55. The molecule has 1 fully saturated rings. The number of para-hydroxylation sites is 3. The molecular formula is C23H28N2O4. The van der Waals surface area contributed by atoms with E-state index in [1.54, 1.807) is 34.1 Å². The molecule has 3 rings (SSSR count). The number of hydrogen-bond acceptors (Lipinski definition) is 4. The maximum atomic E-state index is 13.5. The maximum absolute atomic E-state index is 13.5. The van der Waals surface area contributed by atoms with Crippen molar-refractivity contribution in [2.45, 2.75) is 39.2 Å². The highest BCUT2D eigenvalue weighted by molar-refractivity contribution is 6.03. The van der Waals surface area contributed by atoms with E-state index < -0.39 is 11.7 Å². The Kier molecular flexibility index (Phi) is 6.11. The first kappa shape index (κ1) is 20.7. The zero-order chi connectivity index (χ0) is 21.0. The van der Waals surface area contributed by atoms with Crippen LogP contribution in [0.25, 0.3) is 0 Å². The third kappa shape index (κ3) is 5.08. The number of carbonyl (C=O) groups excluding carboxylic acids is 2. The highest BCUT2D eigenvalue weighted by Crippen LogP contribution is 2.35. The summed E-state index contributed by atoms with van der Waals surface area (Å²) >= 11 is 0. The minimum Gasteiger partial charge on any atom is -0.506 e. The Morgan fingerprint density at radius 1 is 1.07 bits per heavy atom. The lowest BCUT2D eigenvalue weighted by atomic mass is 9.96. The number of benzene rings is 2. The summed E-state index contributed by atoms with van der Waals surface area (Å²) in [7, 11) is 0. The molecule has 0 aliphatic carbocycles. The Morgan fingerprint density at radius 2 is 1.72 bits per heavy atom. The van der Waals surface area contributed by atoms with Crippen molar-refractivity contribution >= 4 is 23.4 Å². The van der Waals surface area contributed by atoms with Crippen LogP contribution in [0.3, 0.4) is 0 Å². The number of rotatable bonds is 3. The van der Waals surface area contributed by atoms with Crippen LogP contribution in [-0.4, -0.2) is 40.7 Å². The summed E-state index contributed by atoms with van der Waals surface area (Å²) in [4.78, 5) is 29.2. The monoisotopic (exact) mass is 396 g/mol. The molecule has 1 aliphatic rings. The van der Waals surface area contributed by atoms with Crippen molar-refractivity contribution in [1.82, 2.24) is 4.90 Å². The van der Waals surface area contributed by atoms with Gasteiger partial charge in [0.25, 0.3) is 0 Å². The largest absolute Gasteiger partial charge is 0.506 e. The third-order valence-corrected chi connectivity index (χ3v) is 4.78. The predicted octanol–water partition coefficient (Wildman–Crippen LogP) is 4.70. The summed E-state index contributed by atoms with van der Waals surface area (Å²) in [6.45, 7) is 6.34. The van der Waals surface area contributed by atoms with E-state index in [-0.39, 0.29) is 17.6 Å². The average Bonchev–Trinajstić information content (AvgIpc) is 2.69. The molecule has 0 bridgehead atoms. The predicted molar refractivity (Wildman–Crippen MR) is 112 cm³/mol. The standard InChI is InChI=1S/C23H28N2O4/c1-23(2,3)29-22(28)24-15-9-10-17(16-24)21(27)25(18-11-5-4-6-12-18)19-13-7-8-14-20(19)26/h4-8,11-14,17,26H,9-10,15-16H2,1-3H3. The van der Waals surface area contributed by atoms with Gasteiger partial charge in [-0.15, -0.1) is 0 Å². The molecule has 6 nitrogen and oxygen atoms in total. The number of anilines is 2. The van der Waals surface area contributed by atoms with Gasteiger partial charge in [0.1, 0.15) is 11.4 Å². The minimum atomic E-state index is -0.583. The number of carbonyl (C=O) groups is 2. The summed E-state index contributed by atoms with van der Waals surface area (Å²) in [5.41, 5.74) is 0.520. The molecule has 154 valence electrons. The van der Waals surface area contributed by atoms with E-state index in [1.807, 2.05) is 51.1 Å². The molecule has 1 unspecified atom stereocenters. The van der Waals surface area contributed by atoms with Gasteiger partial charge in [-0.25, -0.2) is 4.79 Å². The molecule has 1 atom stereocenters. The van der Waals surface area contributed by atoms with Gasteiger partial charge in [0.05, 0.1) is 11.6 Å². The Balaban J connectivity index is 1.86. The van der Waals surface area contributed by atoms with Crippen LogP contribution in [0.15, 0.2) is 54.6 Å². The summed E-state index contributed by atoms with van der Waals surface area (Å²) in [6, 6.07) is 16.0. The van der Waals surface area contributed by atoms with E-state index in [0.29, 0.717) is 30.9 Å². The molecule has 0 saturated carbocycles. The molecule has 1 heterocycles. The molecule has 0 aromatic heterocycles. The fourth-order valence-electron chi connectivity index (χ4n) is 3.47. The smallest absolute Gasteiger partial charge is 0.410 e. The lowest BCUT2D eigenvalue weighted by Gasteiger charge is -2.36. The quantitative estimate of drug-likeness (QED) is 0.816. The van der Waals surface area contributed by atoms with Gasteiger partial charge in [-0.3, -0.25) is 9.69 Å². The van der Waals surface area contributed by atoms with Gasteiger partial charge in [0, 0.05) is 18.8 Å². The molecule has 0 spiro atoms. The molecule has 2 amide bonds. The highest BCUT2D eigenvalue weighted by Gasteiger charge is 2.34. The zero-order valence-electron chi connectivity index (χ0n) is 17.2. The number of aromatic hydroxyl groups is 1. The normalized spacial score (nSPS) is 16.9. The van der Waals surface area contributed by atoms with E-state index in [9.17, 15) is 14.7 Å². The lowest BCUT2D eigenvalue weighted by molar-refractivity contribution is -0.123. The van der Waals surface area contributed by atoms with Crippen molar-refractivity contribution in [3.05, 3.63) is 54.6 Å². The van der Waals surface area contributed by atoms with E-state index in [0.717, 1.165) is 6.42 Å². The molecule has 6 heteroatoms. The number of phenolic OH excluding ortho intramolecular Hbond substituents is 1. The van der Waals surface area contributed by atoms with Gasteiger partial charge < -0.3 is 14.7 Å². The Bertz CT molecular complexity index is 861. The van der Waals surface area contributed by atoms with Crippen LogP contribution in [0.2, 0.25) is 0 Å². The topological polar surface area (TPSA) is 70.1 Å². The summed E-state index contributed by atoms with van der Waals surface area (Å²) in [6.07, 6.45) is 0.998. The number of amides is 2. The summed E-state index contributed by atoms with van der Waals surface area (Å²) < 4.78 is 5.48. The van der Waals surface area contributed by atoms with Gasteiger partial charge in [0.15, 0.2) is 0 Å². The van der Waals surface area contributed by atoms with Gasteiger partial charge in [-0.1, -0.05) is 30.3 Å². The molecular weight excluding hydrogens is 368 g/mol. The van der Waals surface area contributed by atoms with Crippen molar-refractivity contribution in [1.29, 1.82) is 0 Å². The number of ether oxygens (including phenoxy) is 1. The number of nitrogens with zero attached hydrogens (tertiary/aromatic N) is 2. The fraction of sp³-hybridized carbons (Fsp3) is 0.391. The molecule has 2 aromatic rings. The van der Waals surface area contributed by atoms with Gasteiger partial charge >= 0.3 is 6.09 Å². The van der Waals surface area contributed by atoms with Crippen molar-refractivity contribution in [3.8, 4) is 5.75 Å². The Hall–Kier alpha value is -3.02. The van der Waals surface area contributed by atoms with Crippen LogP contribution < -0.4 is 4.90 Å². The average molecular weight is 396 g/mol. The van der Waals surface area contributed by atoms with Crippen molar-refractivity contribution in [2.24, 2.45) is 5.92 Å². The minimum absolute atomic E-state index is 0.0320. The first-order chi connectivity index (χ1) is 13.8. The zero-order valence-corrected chi connectivity index (χ0v) is 17.2. The maximum Gasteiger partial charge on any atom is 0.410 e. The van der Waals surface area contributed by atoms with E-state index in [1.165, 1.54) is 0 Å². The molecule has 29 heavy (non-hydrogen) atoms. The van der Waals surface area contributed by atoms with E-state index in [4.69, 9.17) is 4.74 Å². The van der Waals surface area contributed by atoms with Crippen LogP contribution in [0.1, 0.15) is 33.6 Å². The first-order valence-corrected chi connectivity index (χ1v) is 9.91. The van der Waals surface area contributed by atoms with Crippen molar-refractivity contribution < 1.29 is 19.4 Å². The van der Waals surface area contributed by atoms with Gasteiger partial charge in [-0.05, 0) is 57.9 Å². The number of phenols is 1. The number of piperidine rings is 1. The first-order valence-electron chi connectivity index (χ1n) is 9.91. The summed E-state index contributed by atoms with van der Waals surface area (Å²) in [5, 5.41) is 10.4.